The second kappa shape index (κ2) is 5.71. The summed E-state index contributed by atoms with van der Waals surface area (Å²) in [6, 6.07) is 9.37. The molecule has 1 N–H and O–H groups in total. The van der Waals surface area contributed by atoms with Crippen LogP contribution in [-0.4, -0.2) is 11.3 Å². The minimum absolute atomic E-state index is 0.203. The molecule has 106 valence electrons. The van der Waals surface area contributed by atoms with Crippen molar-refractivity contribution in [2.24, 2.45) is 10.9 Å². The quantitative estimate of drug-likeness (QED) is 0.844. The molecule has 0 spiro atoms. The van der Waals surface area contributed by atoms with Crippen LogP contribution >= 0.6 is 11.3 Å². The molecule has 1 atom stereocenters. The molecule has 0 radical (unpaired) electrons. The maximum Gasteiger partial charge on any atom is 0.134 e. The summed E-state index contributed by atoms with van der Waals surface area (Å²) in [6.07, 6.45) is 4.79. The average Bonchev–Trinajstić information content (AvgIpc) is 2.82. The summed E-state index contributed by atoms with van der Waals surface area (Å²) in [5.74, 6) is 0.882. The van der Waals surface area contributed by atoms with Crippen LogP contribution in [0, 0.1) is 17.2 Å². The highest BCUT2D eigenvalue weighted by Crippen LogP contribution is 2.40. The van der Waals surface area contributed by atoms with Crippen LogP contribution in [0.2, 0.25) is 0 Å². The lowest BCUT2D eigenvalue weighted by Crippen LogP contribution is -2.09. The number of fused-ring (bicyclic) bond motifs is 1. The summed E-state index contributed by atoms with van der Waals surface area (Å²) < 4.78 is 0. The summed E-state index contributed by atoms with van der Waals surface area (Å²) in [7, 11) is 0. The first-order chi connectivity index (χ1) is 10.2. The van der Waals surface area contributed by atoms with Crippen molar-refractivity contribution in [1.29, 1.82) is 5.26 Å². The third kappa shape index (κ3) is 2.70. The number of hydrogen-bond donors (Lipinski definition) is 1. The molecule has 1 aromatic heterocycles. The molecule has 3 rings (SSSR count). The molecule has 0 unspecified atom stereocenters. The lowest BCUT2D eigenvalue weighted by molar-refractivity contribution is 0.474. The normalized spacial score (nSPS) is 17.6. The first kappa shape index (κ1) is 13.8. The molecule has 0 saturated carbocycles. The molecule has 1 aliphatic carbocycles. The van der Waals surface area contributed by atoms with Gasteiger partial charge < -0.3 is 5.11 Å². The summed E-state index contributed by atoms with van der Waals surface area (Å²) in [5.41, 5.74) is 2.57. The molecule has 2 aromatic rings. The topological polar surface area (TPSA) is 56.4 Å². The number of rotatable bonds is 2. The van der Waals surface area contributed by atoms with Crippen LogP contribution in [0.5, 0.6) is 5.75 Å². The van der Waals surface area contributed by atoms with E-state index in [2.05, 4.69) is 18.0 Å². The number of nitriles is 1. The lowest BCUT2D eigenvalue weighted by atomic mass is 9.89. The van der Waals surface area contributed by atoms with Crippen LogP contribution in [-0.2, 0) is 12.8 Å². The van der Waals surface area contributed by atoms with Gasteiger partial charge in [-0.2, -0.15) is 5.26 Å². The zero-order valence-corrected chi connectivity index (χ0v) is 12.7. The molecule has 0 saturated heterocycles. The molecule has 1 heterocycles. The molecular weight excluding hydrogens is 280 g/mol. The third-order valence-electron chi connectivity index (χ3n) is 3.86. The van der Waals surface area contributed by atoms with Gasteiger partial charge in [0, 0.05) is 16.7 Å². The van der Waals surface area contributed by atoms with Gasteiger partial charge in [0.1, 0.15) is 16.8 Å². The van der Waals surface area contributed by atoms with Crippen LogP contribution in [0.1, 0.15) is 34.9 Å². The van der Waals surface area contributed by atoms with Gasteiger partial charge in [-0.25, -0.2) is 4.99 Å². The van der Waals surface area contributed by atoms with Crippen LogP contribution < -0.4 is 0 Å². The van der Waals surface area contributed by atoms with E-state index in [0.717, 1.165) is 24.3 Å². The van der Waals surface area contributed by atoms with Crippen molar-refractivity contribution in [3.63, 3.8) is 0 Å². The summed E-state index contributed by atoms with van der Waals surface area (Å²) in [5, 5.41) is 19.9. The number of aliphatic imine (C=N–C) groups is 1. The Morgan fingerprint density at radius 2 is 2.24 bits per heavy atom. The van der Waals surface area contributed by atoms with E-state index in [-0.39, 0.29) is 5.75 Å². The Labute approximate surface area is 128 Å². The van der Waals surface area contributed by atoms with Gasteiger partial charge in [-0.3, -0.25) is 0 Å². The molecular formula is C17H16N2OS. The van der Waals surface area contributed by atoms with Crippen molar-refractivity contribution in [3.05, 3.63) is 45.8 Å². The van der Waals surface area contributed by atoms with Crippen LogP contribution in [0.4, 0.5) is 5.00 Å². The van der Waals surface area contributed by atoms with E-state index in [9.17, 15) is 10.4 Å². The second-order valence-corrected chi connectivity index (χ2v) is 6.54. The standard InChI is InChI=1S/C17H16N2OS/c1-11-6-7-13-14(9-18)17(21-16(13)8-11)19-10-12-4-2-3-5-15(12)20/h2-5,10-11,20H,6-8H2,1H3/t11-/m0/s1. The van der Waals surface area contributed by atoms with Crippen LogP contribution in [0.15, 0.2) is 29.3 Å². The van der Waals surface area contributed by atoms with Gasteiger partial charge in [0.25, 0.3) is 0 Å². The number of hydrogen-bond acceptors (Lipinski definition) is 4. The first-order valence-corrected chi connectivity index (χ1v) is 7.87. The van der Waals surface area contributed by atoms with E-state index in [0.29, 0.717) is 17.0 Å². The fourth-order valence-electron chi connectivity index (χ4n) is 2.67. The Hall–Kier alpha value is -2.12. The maximum atomic E-state index is 9.76. The van der Waals surface area contributed by atoms with Crippen LogP contribution in [0.25, 0.3) is 0 Å². The molecule has 0 fully saturated rings. The van der Waals surface area contributed by atoms with Gasteiger partial charge in [-0.15, -0.1) is 11.3 Å². The highest BCUT2D eigenvalue weighted by atomic mass is 32.1. The summed E-state index contributed by atoms with van der Waals surface area (Å²) in [6.45, 7) is 2.25. The van der Waals surface area contributed by atoms with Crippen LogP contribution in [0.3, 0.4) is 0 Å². The van der Waals surface area contributed by atoms with Gasteiger partial charge in [0.15, 0.2) is 0 Å². The predicted octanol–water partition coefficient (Wildman–Crippen LogP) is 4.20. The van der Waals surface area contributed by atoms with E-state index in [1.165, 1.54) is 10.4 Å². The molecule has 0 aliphatic heterocycles. The second-order valence-electron chi connectivity index (χ2n) is 5.46. The Bertz CT molecular complexity index is 740. The predicted molar refractivity (Wildman–Crippen MR) is 85.6 cm³/mol. The monoisotopic (exact) mass is 296 g/mol. The van der Waals surface area contributed by atoms with E-state index in [1.807, 2.05) is 6.07 Å². The van der Waals surface area contributed by atoms with Gasteiger partial charge in [0.05, 0.1) is 5.56 Å². The van der Waals surface area contributed by atoms with E-state index in [1.54, 1.807) is 35.8 Å². The zero-order chi connectivity index (χ0) is 14.8. The van der Waals surface area contributed by atoms with Gasteiger partial charge in [-0.1, -0.05) is 19.1 Å². The Kier molecular flexibility index (Phi) is 3.76. The lowest BCUT2D eigenvalue weighted by Gasteiger charge is -2.17. The van der Waals surface area contributed by atoms with E-state index < -0.39 is 0 Å². The Morgan fingerprint density at radius 3 is 3.00 bits per heavy atom. The zero-order valence-electron chi connectivity index (χ0n) is 11.8. The molecule has 3 nitrogen and oxygen atoms in total. The van der Waals surface area contributed by atoms with Crippen molar-refractivity contribution in [3.8, 4) is 11.8 Å². The van der Waals surface area contributed by atoms with Crippen molar-refractivity contribution in [2.75, 3.05) is 0 Å². The largest absolute Gasteiger partial charge is 0.507 e. The first-order valence-electron chi connectivity index (χ1n) is 7.05. The number of aromatic hydroxyl groups is 1. The maximum absolute atomic E-state index is 9.76. The Morgan fingerprint density at radius 1 is 1.43 bits per heavy atom. The minimum atomic E-state index is 0.203. The van der Waals surface area contributed by atoms with Crippen molar-refractivity contribution >= 4 is 22.6 Å². The molecule has 1 aromatic carbocycles. The van der Waals surface area contributed by atoms with E-state index >= 15 is 0 Å². The summed E-state index contributed by atoms with van der Waals surface area (Å²) in [4.78, 5) is 5.75. The van der Waals surface area contributed by atoms with Gasteiger partial charge in [-0.05, 0) is 42.9 Å². The third-order valence-corrected chi connectivity index (χ3v) is 5.02. The molecule has 4 heteroatoms. The number of phenolic OH excluding ortho intramolecular Hbond substituents is 1. The molecule has 0 amide bonds. The smallest absolute Gasteiger partial charge is 0.134 e. The van der Waals surface area contributed by atoms with Gasteiger partial charge >= 0.3 is 0 Å². The molecule has 21 heavy (non-hydrogen) atoms. The highest BCUT2D eigenvalue weighted by Gasteiger charge is 2.23. The summed E-state index contributed by atoms with van der Waals surface area (Å²) >= 11 is 1.61. The SMILES string of the molecule is C[C@H]1CCc2c(sc(N=Cc3ccccc3O)c2C#N)C1. The fraction of sp³-hybridized carbons (Fsp3) is 0.294. The highest BCUT2D eigenvalue weighted by molar-refractivity contribution is 7.16. The average molecular weight is 296 g/mol. The van der Waals surface area contributed by atoms with E-state index in [4.69, 9.17) is 0 Å². The van der Waals surface area contributed by atoms with Crippen molar-refractivity contribution in [1.82, 2.24) is 0 Å². The number of nitrogens with zero attached hydrogens (tertiary/aromatic N) is 2. The number of thiophene rings is 1. The number of phenols is 1. The van der Waals surface area contributed by atoms with Crippen molar-refractivity contribution < 1.29 is 5.11 Å². The van der Waals surface area contributed by atoms with Gasteiger partial charge in [0.2, 0.25) is 0 Å². The molecule has 1 aliphatic rings. The molecule has 0 bridgehead atoms. The number of benzene rings is 1. The fourth-order valence-corrected chi connectivity index (χ4v) is 3.97. The number of para-hydroxylation sites is 1. The minimum Gasteiger partial charge on any atom is -0.507 e. The Balaban J connectivity index is 1.97. The van der Waals surface area contributed by atoms with Crippen molar-refractivity contribution in [2.45, 2.75) is 26.2 Å².